The lowest BCUT2D eigenvalue weighted by molar-refractivity contribution is -0.124. The van der Waals surface area contributed by atoms with Gasteiger partial charge in [-0.2, -0.15) is 0 Å². The summed E-state index contributed by atoms with van der Waals surface area (Å²) in [5.74, 6) is 0.0527. The summed E-state index contributed by atoms with van der Waals surface area (Å²) in [7, 11) is 0. The first-order valence-corrected chi connectivity index (χ1v) is 3.85. The van der Waals surface area contributed by atoms with Crippen molar-refractivity contribution in [1.82, 2.24) is 10.2 Å². The fourth-order valence-corrected chi connectivity index (χ4v) is 1.22. The number of carbonyl (C=O) groups is 1. The van der Waals surface area contributed by atoms with Crippen LogP contribution in [-0.4, -0.2) is 48.2 Å². The normalized spacial score (nSPS) is 22.9. The van der Waals surface area contributed by atoms with E-state index < -0.39 is 0 Å². The van der Waals surface area contributed by atoms with Crippen molar-refractivity contribution in [3.8, 4) is 0 Å². The summed E-state index contributed by atoms with van der Waals surface area (Å²) in [6.07, 6.45) is -0.346. The highest BCUT2D eigenvalue weighted by Gasteiger charge is 2.16. The van der Waals surface area contributed by atoms with Gasteiger partial charge in [0.25, 0.3) is 0 Å². The molecule has 1 fully saturated rings. The third-order valence-corrected chi connectivity index (χ3v) is 1.64. The molecule has 0 unspecified atom stereocenters. The number of hydrogen-bond donors (Lipinski definition) is 2. The van der Waals surface area contributed by atoms with Crippen molar-refractivity contribution in [3.05, 3.63) is 0 Å². The summed E-state index contributed by atoms with van der Waals surface area (Å²) in [5.41, 5.74) is 0. The molecule has 1 atom stereocenters. The molecule has 4 nitrogen and oxygen atoms in total. The molecule has 64 valence electrons. The maximum atomic E-state index is 10.8. The highest BCUT2D eigenvalue weighted by atomic mass is 16.3. The highest BCUT2D eigenvalue weighted by Crippen LogP contribution is 1.94. The Balaban J connectivity index is 2.28. The minimum absolute atomic E-state index is 0.0527. The highest BCUT2D eigenvalue weighted by molar-refractivity contribution is 5.78. The van der Waals surface area contributed by atoms with Crippen molar-refractivity contribution in [1.29, 1.82) is 0 Å². The van der Waals surface area contributed by atoms with Crippen LogP contribution in [0, 0.1) is 0 Å². The first kappa shape index (κ1) is 8.49. The fourth-order valence-electron chi connectivity index (χ4n) is 1.22. The van der Waals surface area contributed by atoms with Crippen LogP contribution in [0.4, 0.5) is 0 Å². The van der Waals surface area contributed by atoms with E-state index in [1.165, 1.54) is 0 Å². The summed E-state index contributed by atoms with van der Waals surface area (Å²) in [4.78, 5) is 12.8. The van der Waals surface area contributed by atoms with Gasteiger partial charge in [-0.1, -0.05) is 0 Å². The van der Waals surface area contributed by atoms with Crippen LogP contribution < -0.4 is 5.32 Å². The number of nitrogens with one attached hydrogen (secondary N) is 1. The van der Waals surface area contributed by atoms with Crippen molar-refractivity contribution < 1.29 is 9.90 Å². The molecule has 0 saturated carbocycles. The standard InChI is InChI=1S/C7H14N2O2/c1-6(10)4-9-3-2-8-7(11)5-9/h6,10H,2-5H2,1H3,(H,8,11)/t6-/m1/s1. The van der Waals surface area contributed by atoms with Gasteiger partial charge in [0, 0.05) is 19.6 Å². The molecule has 0 aromatic carbocycles. The molecule has 0 bridgehead atoms. The van der Waals surface area contributed by atoms with Gasteiger partial charge in [0.15, 0.2) is 0 Å². The van der Waals surface area contributed by atoms with E-state index in [9.17, 15) is 4.79 Å². The molecule has 11 heavy (non-hydrogen) atoms. The second-order valence-corrected chi connectivity index (χ2v) is 2.93. The van der Waals surface area contributed by atoms with Gasteiger partial charge in [-0.3, -0.25) is 9.69 Å². The molecule has 0 aromatic rings. The second kappa shape index (κ2) is 3.69. The van der Waals surface area contributed by atoms with Crippen LogP contribution in [0.5, 0.6) is 0 Å². The molecule has 1 amide bonds. The molecule has 0 radical (unpaired) electrons. The lowest BCUT2D eigenvalue weighted by Gasteiger charge is -2.27. The van der Waals surface area contributed by atoms with E-state index >= 15 is 0 Å². The number of nitrogens with zero attached hydrogens (tertiary/aromatic N) is 1. The average molecular weight is 158 g/mol. The van der Waals surface area contributed by atoms with Gasteiger partial charge in [0.2, 0.25) is 5.91 Å². The number of β-amino-alcohol motifs (C(OH)–C–C–N with tert-alkyl or cyclic N) is 1. The second-order valence-electron chi connectivity index (χ2n) is 2.93. The number of amides is 1. The Kier molecular flexibility index (Phi) is 2.84. The summed E-state index contributed by atoms with van der Waals surface area (Å²) >= 11 is 0. The van der Waals surface area contributed by atoms with Crippen LogP contribution in [-0.2, 0) is 4.79 Å². The first-order valence-electron chi connectivity index (χ1n) is 3.85. The molecule has 1 saturated heterocycles. The van der Waals surface area contributed by atoms with E-state index in [2.05, 4.69) is 5.32 Å². The van der Waals surface area contributed by atoms with Crippen LogP contribution >= 0.6 is 0 Å². The van der Waals surface area contributed by atoms with Crippen molar-refractivity contribution in [2.24, 2.45) is 0 Å². The molecule has 1 rings (SSSR count). The van der Waals surface area contributed by atoms with E-state index in [0.29, 0.717) is 19.6 Å². The van der Waals surface area contributed by atoms with Crippen molar-refractivity contribution >= 4 is 5.91 Å². The maximum Gasteiger partial charge on any atom is 0.234 e. The van der Waals surface area contributed by atoms with Crippen molar-refractivity contribution in [2.75, 3.05) is 26.2 Å². The maximum absolute atomic E-state index is 10.8. The predicted octanol–water partition coefficient (Wildman–Crippen LogP) is -1.20. The fraction of sp³-hybridized carbons (Fsp3) is 0.857. The zero-order valence-electron chi connectivity index (χ0n) is 6.71. The van der Waals surface area contributed by atoms with Gasteiger partial charge in [0.1, 0.15) is 0 Å². The number of aliphatic hydroxyl groups excluding tert-OH is 1. The van der Waals surface area contributed by atoms with E-state index in [0.717, 1.165) is 6.54 Å². The molecular weight excluding hydrogens is 144 g/mol. The topological polar surface area (TPSA) is 52.6 Å². The zero-order chi connectivity index (χ0) is 8.27. The third-order valence-electron chi connectivity index (χ3n) is 1.64. The van der Waals surface area contributed by atoms with Crippen LogP contribution in [0.15, 0.2) is 0 Å². The minimum atomic E-state index is -0.346. The van der Waals surface area contributed by atoms with Gasteiger partial charge in [-0.25, -0.2) is 0 Å². The quantitative estimate of drug-likeness (QED) is 0.530. The van der Waals surface area contributed by atoms with E-state index in [4.69, 9.17) is 5.11 Å². The summed E-state index contributed by atoms with van der Waals surface area (Å²) < 4.78 is 0. The number of aliphatic hydroxyl groups is 1. The molecule has 2 N–H and O–H groups in total. The SMILES string of the molecule is C[C@@H](O)CN1CCNC(=O)C1. The molecule has 0 spiro atoms. The summed E-state index contributed by atoms with van der Waals surface area (Å²) in [6.45, 7) is 4.28. The summed E-state index contributed by atoms with van der Waals surface area (Å²) in [6, 6.07) is 0. The Morgan fingerprint density at radius 1 is 1.82 bits per heavy atom. The van der Waals surface area contributed by atoms with Crippen LogP contribution in [0.1, 0.15) is 6.92 Å². The number of carbonyl (C=O) groups excluding carboxylic acids is 1. The van der Waals surface area contributed by atoms with Crippen LogP contribution in [0.25, 0.3) is 0 Å². The van der Waals surface area contributed by atoms with E-state index in [1.807, 2.05) is 4.90 Å². The molecule has 4 heteroatoms. The van der Waals surface area contributed by atoms with Gasteiger partial charge < -0.3 is 10.4 Å². The Labute approximate surface area is 66.2 Å². The van der Waals surface area contributed by atoms with E-state index in [-0.39, 0.29) is 12.0 Å². The smallest absolute Gasteiger partial charge is 0.234 e. The first-order chi connectivity index (χ1) is 5.18. The van der Waals surface area contributed by atoms with Gasteiger partial charge in [0.05, 0.1) is 12.6 Å². The van der Waals surface area contributed by atoms with E-state index in [1.54, 1.807) is 6.92 Å². The minimum Gasteiger partial charge on any atom is -0.392 e. The molecule has 0 aromatic heterocycles. The van der Waals surface area contributed by atoms with Gasteiger partial charge in [-0.15, -0.1) is 0 Å². The molecular formula is C7H14N2O2. The summed E-state index contributed by atoms with van der Waals surface area (Å²) in [5, 5.41) is 11.7. The zero-order valence-corrected chi connectivity index (χ0v) is 6.71. The molecule has 0 aliphatic carbocycles. The van der Waals surface area contributed by atoms with Gasteiger partial charge in [-0.05, 0) is 6.92 Å². The number of hydrogen-bond acceptors (Lipinski definition) is 3. The molecule has 1 aliphatic heterocycles. The largest absolute Gasteiger partial charge is 0.392 e. The van der Waals surface area contributed by atoms with Crippen LogP contribution in [0.3, 0.4) is 0 Å². The molecule has 1 aliphatic rings. The van der Waals surface area contributed by atoms with Crippen LogP contribution in [0.2, 0.25) is 0 Å². The Morgan fingerprint density at radius 2 is 2.55 bits per heavy atom. The van der Waals surface area contributed by atoms with Crippen molar-refractivity contribution in [2.45, 2.75) is 13.0 Å². The van der Waals surface area contributed by atoms with Crippen molar-refractivity contribution in [3.63, 3.8) is 0 Å². The lowest BCUT2D eigenvalue weighted by atomic mass is 10.3. The predicted molar refractivity (Wildman–Crippen MR) is 41.1 cm³/mol. The lowest BCUT2D eigenvalue weighted by Crippen LogP contribution is -2.49. The third kappa shape index (κ3) is 2.86. The monoisotopic (exact) mass is 158 g/mol. The van der Waals surface area contributed by atoms with Gasteiger partial charge >= 0.3 is 0 Å². The molecule has 1 heterocycles. The number of piperazine rings is 1. The number of rotatable bonds is 2. The average Bonchev–Trinajstić information content (AvgIpc) is 1.85. The Morgan fingerprint density at radius 3 is 3.09 bits per heavy atom. The Hall–Kier alpha value is -0.610. The Bertz CT molecular complexity index is 147.